The third kappa shape index (κ3) is 8.96. The molecule has 3 N–H and O–H groups in total. The largest absolute Gasteiger partial charge is 0.365 e. The van der Waals surface area contributed by atoms with Crippen LogP contribution in [0.5, 0.6) is 0 Å². The van der Waals surface area contributed by atoms with Crippen molar-refractivity contribution in [3.05, 3.63) is 12.2 Å². The van der Waals surface area contributed by atoms with Gasteiger partial charge in [-0.25, -0.2) is 0 Å². The fourth-order valence-corrected chi connectivity index (χ4v) is 3.78. The molecule has 0 aromatic carbocycles. The summed E-state index contributed by atoms with van der Waals surface area (Å²) in [5.74, 6) is 1.53. The van der Waals surface area contributed by atoms with E-state index in [0.29, 0.717) is 26.0 Å². The number of nitrogens with one attached hydrogen (secondary N) is 1. The number of hydrogen-bond donors (Lipinski definition) is 2. The summed E-state index contributed by atoms with van der Waals surface area (Å²) in [5, 5.41) is 3.40. The molecule has 0 amide bonds. The molecule has 26 heavy (non-hydrogen) atoms. The van der Waals surface area contributed by atoms with Gasteiger partial charge in [0.05, 0.1) is 26.7 Å². The SMILES string of the molecule is C/C=C\CN(CCOCNCC1CCC1)COC[C@@H](N)C1CCCCC1. The van der Waals surface area contributed by atoms with Crippen molar-refractivity contribution in [1.82, 2.24) is 10.2 Å². The van der Waals surface area contributed by atoms with Gasteiger partial charge in [0, 0.05) is 25.7 Å². The molecular weight excluding hydrogens is 326 g/mol. The van der Waals surface area contributed by atoms with E-state index in [1.165, 1.54) is 51.4 Å². The quantitative estimate of drug-likeness (QED) is 0.281. The van der Waals surface area contributed by atoms with Crippen LogP contribution < -0.4 is 11.1 Å². The molecule has 5 heteroatoms. The summed E-state index contributed by atoms with van der Waals surface area (Å²) in [7, 11) is 0. The Labute approximate surface area is 160 Å². The number of nitrogens with zero attached hydrogens (tertiary/aromatic N) is 1. The molecule has 5 nitrogen and oxygen atoms in total. The third-order valence-corrected chi connectivity index (χ3v) is 5.85. The fraction of sp³-hybridized carbons (Fsp3) is 0.905. The Morgan fingerprint density at radius 2 is 1.92 bits per heavy atom. The number of rotatable bonds is 14. The maximum Gasteiger partial charge on any atom is 0.0994 e. The molecule has 1 atom stereocenters. The van der Waals surface area contributed by atoms with E-state index >= 15 is 0 Å². The van der Waals surface area contributed by atoms with Crippen LogP contribution in [0.1, 0.15) is 58.3 Å². The number of hydrogen-bond acceptors (Lipinski definition) is 5. The summed E-state index contributed by atoms with van der Waals surface area (Å²) in [6.45, 7) is 7.62. The second kappa shape index (κ2) is 13.7. The molecule has 0 aromatic heterocycles. The fourth-order valence-electron chi connectivity index (χ4n) is 3.78. The van der Waals surface area contributed by atoms with E-state index in [1.807, 2.05) is 0 Å². The molecule has 2 saturated carbocycles. The third-order valence-electron chi connectivity index (χ3n) is 5.85. The molecule has 152 valence electrons. The first-order valence-electron chi connectivity index (χ1n) is 10.7. The summed E-state index contributed by atoms with van der Waals surface area (Å²) in [6, 6.07) is 0.186. The second-order valence-corrected chi connectivity index (χ2v) is 8.01. The number of ether oxygens (including phenoxy) is 2. The lowest BCUT2D eigenvalue weighted by molar-refractivity contribution is 0.00179. The predicted octanol–water partition coefficient (Wildman–Crippen LogP) is 3.11. The maximum absolute atomic E-state index is 6.34. The van der Waals surface area contributed by atoms with Gasteiger partial charge in [-0.05, 0) is 44.4 Å². The lowest BCUT2D eigenvalue weighted by atomic mass is 9.84. The minimum atomic E-state index is 0.186. The van der Waals surface area contributed by atoms with Crippen LogP contribution in [-0.4, -0.2) is 57.3 Å². The molecule has 0 spiro atoms. The van der Waals surface area contributed by atoms with Crippen LogP contribution in [0, 0.1) is 11.8 Å². The van der Waals surface area contributed by atoms with Gasteiger partial charge in [-0.2, -0.15) is 0 Å². The molecule has 0 aromatic rings. The van der Waals surface area contributed by atoms with E-state index in [4.69, 9.17) is 15.2 Å². The van der Waals surface area contributed by atoms with Gasteiger partial charge in [0.2, 0.25) is 0 Å². The van der Waals surface area contributed by atoms with Gasteiger partial charge in [0.25, 0.3) is 0 Å². The van der Waals surface area contributed by atoms with Crippen LogP contribution >= 0.6 is 0 Å². The zero-order valence-electron chi connectivity index (χ0n) is 16.8. The summed E-state index contributed by atoms with van der Waals surface area (Å²) in [4.78, 5) is 2.28. The van der Waals surface area contributed by atoms with E-state index in [-0.39, 0.29) is 6.04 Å². The Bertz CT molecular complexity index is 368. The van der Waals surface area contributed by atoms with Crippen molar-refractivity contribution in [1.29, 1.82) is 0 Å². The van der Waals surface area contributed by atoms with Crippen LogP contribution in [0.4, 0.5) is 0 Å². The lowest BCUT2D eigenvalue weighted by Gasteiger charge is -2.28. The van der Waals surface area contributed by atoms with Crippen molar-refractivity contribution >= 4 is 0 Å². The zero-order valence-corrected chi connectivity index (χ0v) is 16.8. The first kappa shape index (κ1) is 21.8. The molecule has 0 heterocycles. The van der Waals surface area contributed by atoms with Crippen LogP contribution in [0.15, 0.2) is 12.2 Å². The average molecular weight is 368 g/mol. The Morgan fingerprint density at radius 1 is 1.12 bits per heavy atom. The van der Waals surface area contributed by atoms with Gasteiger partial charge in [-0.3, -0.25) is 10.2 Å². The van der Waals surface area contributed by atoms with Gasteiger partial charge >= 0.3 is 0 Å². The highest BCUT2D eigenvalue weighted by Gasteiger charge is 2.20. The molecule has 2 aliphatic carbocycles. The number of allylic oxidation sites excluding steroid dienone is 1. The smallest absolute Gasteiger partial charge is 0.0994 e. The highest BCUT2D eigenvalue weighted by Crippen LogP contribution is 2.26. The van der Waals surface area contributed by atoms with Crippen molar-refractivity contribution < 1.29 is 9.47 Å². The van der Waals surface area contributed by atoms with Crippen molar-refractivity contribution in [3.63, 3.8) is 0 Å². The van der Waals surface area contributed by atoms with Crippen LogP contribution in [-0.2, 0) is 9.47 Å². The molecule has 2 rings (SSSR count). The minimum Gasteiger partial charge on any atom is -0.365 e. The molecular formula is C21H41N3O2. The zero-order chi connectivity index (χ0) is 18.5. The molecule has 0 saturated heterocycles. The van der Waals surface area contributed by atoms with Gasteiger partial charge in [-0.15, -0.1) is 0 Å². The van der Waals surface area contributed by atoms with Crippen LogP contribution in [0.3, 0.4) is 0 Å². The monoisotopic (exact) mass is 367 g/mol. The van der Waals surface area contributed by atoms with E-state index in [2.05, 4.69) is 29.3 Å². The molecule has 2 aliphatic rings. The highest BCUT2D eigenvalue weighted by atomic mass is 16.5. The standard InChI is InChI=1S/C21H41N3O2/c1-2-3-12-24(13-14-25-17-23-15-19-8-7-9-19)18-26-16-21(22)20-10-5-4-6-11-20/h2-3,19-21,23H,4-18,22H2,1H3/b3-2-/t21-/m1/s1. The molecule has 0 unspecified atom stereocenters. The van der Waals surface area contributed by atoms with Crippen LogP contribution in [0.2, 0.25) is 0 Å². The lowest BCUT2D eigenvalue weighted by Crippen LogP contribution is -2.38. The number of nitrogens with two attached hydrogens (primary N) is 1. The second-order valence-electron chi connectivity index (χ2n) is 8.01. The Kier molecular flexibility index (Phi) is 11.5. The van der Waals surface area contributed by atoms with E-state index in [9.17, 15) is 0 Å². The Hall–Kier alpha value is -0.460. The summed E-state index contributed by atoms with van der Waals surface area (Å²) >= 11 is 0. The minimum absolute atomic E-state index is 0.186. The van der Waals surface area contributed by atoms with E-state index < -0.39 is 0 Å². The van der Waals surface area contributed by atoms with E-state index in [1.54, 1.807) is 0 Å². The summed E-state index contributed by atoms with van der Waals surface area (Å²) in [5.41, 5.74) is 6.34. The predicted molar refractivity (Wildman–Crippen MR) is 108 cm³/mol. The van der Waals surface area contributed by atoms with Crippen molar-refractivity contribution in [3.8, 4) is 0 Å². The average Bonchev–Trinajstić information content (AvgIpc) is 2.63. The van der Waals surface area contributed by atoms with E-state index in [0.717, 1.165) is 32.2 Å². The van der Waals surface area contributed by atoms with Crippen LogP contribution in [0.25, 0.3) is 0 Å². The molecule has 0 radical (unpaired) electrons. The molecule has 0 bridgehead atoms. The summed E-state index contributed by atoms with van der Waals surface area (Å²) in [6.07, 6.45) is 15.0. The maximum atomic E-state index is 6.34. The first-order chi connectivity index (χ1) is 12.8. The van der Waals surface area contributed by atoms with Crippen molar-refractivity contribution in [2.24, 2.45) is 17.6 Å². The molecule has 0 aliphatic heterocycles. The van der Waals surface area contributed by atoms with Gasteiger partial charge < -0.3 is 15.2 Å². The van der Waals surface area contributed by atoms with Crippen molar-refractivity contribution in [2.75, 3.05) is 46.3 Å². The van der Waals surface area contributed by atoms with Gasteiger partial charge in [-0.1, -0.05) is 37.8 Å². The highest BCUT2D eigenvalue weighted by molar-refractivity contribution is 4.81. The topological polar surface area (TPSA) is 59.8 Å². The molecule has 2 fully saturated rings. The van der Waals surface area contributed by atoms with Gasteiger partial charge in [0.1, 0.15) is 0 Å². The Morgan fingerprint density at radius 3 is 2.62 bits per heavy atom. The van der Waals surface area contributed by atoms with Gasteiger partial charge in [0.15, 0.2) is 0 Å². The van der Waals surface area contributed by atoms with Crippen molar-refractivity contribution in [2.45, 2.75) is 64.3 Å². The Balaban J connectivity index is 1.53. The first-order valence-corrected chi connectivity index (χ1v) is 10.7. The normalized spacial score (nSPS) is 20.7. The summed E-state index contributed by atoms with van der Waals surface area (Å²) < 4.78 is 11.7.